The molecule has 1 aliphatic heterocycles. The first-order chi connectivity index (χ1) is 5.70. The first-order valence-corrected chi connectivity index (χ1v) is 3.66. The largest absolute Gasteiger partial charge is 0.489 e. The van der Waals surface area contributed by atoms with Gasteiger partial charge in [-0.3, -0.25) is 0 Å². The van der Waals surface area contributed by atoms with Crippen LogP contribution < -0.4 is 16.2 Å². The summed E-state index contributed by atoms with van der Waals surface area (Å²) in [5.74, 6) is -0.0506. The van der Waals surface area contributed by atoms with E-state index < -0.39 is 5.82 Å². The van der Waals surface area contributed by atoms with Gasteiger partial charge in [-0.15, -0.1) is 0 Å². The van der Waals surface area contributed by atoms with Crippen LogP contribution in [0.5, 0.6) is 5.75 Å². The van der Waals surface area contributed by atoms with Gasteiger partial charge < -0.3 is 16.2 Å². The fourth-order valence-electron chi connectivity index (χ4n) is 1.31. The second-order valence-corrected chi connectivity index (χ2v) is 2.80. The van der Waals surface area contributed by atoms with E-state index in [1.165, 1.54) is 6.07 Å². The second kappa shape index (κ2) is 2.35. The first kappa shape index (κ1) is 7.36. The third kappa shape index (κ3) is 0.848. The normalized spacial score (nSPS) is 20.3. The quantitative estimate of drug-likeness (QED) is 0.563. The highest BCUT2D eigenvalue weighted by Crippen LogP contribution is 2.37. The minimum atomic E-state index is -0.456. The molecule has 1 heterocycles. The second-order valence-electron chi connectivity index (χ2n) is 2.80. The van der Waals surface area contributed by atoms with Crippen LogP contribution in [0, 0.1) is 5.82 Å². The number of benzene rings is 1. The predicted octanol–water partition coefficient (Wildman–Crippen LogP) is 0.800. The molecular formula is C8H9FN2O. The number of halogens is 1. The van der Waals surface area contributed by atoms with E-state index in [0.717, 1.165) is 5.56 Å². The summed E-state index contributed by atoms with van der Waals surface area (Å²) in [6.45, 7) is 0.378. The molecule has 4 N–H and O–H groups in total. The number of anilines is 1. The Labute approximate surface area is 69.1 Å². The monoisotopic (exact) mass is 168 g/mol. The average molecular weight is 168 g/mol. The SMILES string of the molecule is Nc1c(F)ccc2c1OCC2N. The Balaban J connectivity index is 2.60. The van der Waals surface area contributed by atoms with Crippen LogP contribution in [0.1, 0.15) is 11.6 Å². The summed E-state index contributed by atoms with van der Waals surface area (Å²) < 4.78 is 18.0. The molecule has 4 heteroatoms. The van der Waals surface area contributed by atoms with Gasteiger partial charge in [-0.25, -0.2) is 4.39 Å². The molecule has 1 atom stereocenters. The highest BCUT2D eigenvalue weighted by atomic mass is 19.1. The first-order valence-electron chi connectivity index (χ1n) is 3.66. The molecule has 0 radical (unpaired) electrons. The van der Waals surface area contributed by atoms with Gasteiger partial charge >= 0.3 is 0 Å². The third-order valence-electron chi connectivity index (χ3n) is 1.98. The van der Waals surface area contributed by atoms with E-state index >= 15 is 0 Å². The van der Waals surface area contributed by atoms with Crippen LogP contribution in [0.2, 0.25) is 0 Å². The number of ether oxygens (including phenoxy) is 1. The summed E-state index contributed by atoms with van der Waals surface area (Å²) in [5, 5.41) is 0. The van der Waals surface area contributed by atoms with Crippen LogP contribution in [-0.2, 0) is 0 Å². The number of fused-ring (bicyclic) bond motifs is 1. The third-order valence-corrected chi connectivity index (χ3v) is 1.98. The molecule has 0 fully saturated rings. The van der Waals surface area contributed by atoms with Crippen molar-refractivity contribution in [1.82, 2.24) is 0 Å². The van der Waals surface area contributed by atoms with Crippen molar-refractivity contribution in [2.75, 3.05) is 12.3 Å². The molecule has 1 aliphatic rings. The van der Waals surface area contributed by atoms with E-state index in [-0.39, 0.29) is 11.7 Å². The van der Waals surface area contributed by atoms with Gasteiger partial charge in [-0.2, -0.15) is 0 Å². The Morgan fingerprint density at radius 1 is 1.50 bits per heavy atom. The predicted molar refractivity (Wildman–Crippen MR) is 43.2 cm³/mol. The molecule has 3 nitrogen and oxygen atoms in total. The van der Waals surface area contributed by atoms with Crippen molar-refractivity contribution >= 4 is 5.69 Å². The smallest absolute Gasteiger partial charge is 0.150 e. The summed E-state index contributed by atoms with van der Waals surface area (Å²) in [7, 11) is 0. The fourth-order valence-corrected chi connectivity index (χ4v) is 1.31. The molecule has 0 aliphatic carbocycles. The van der Waals surface area contributed by atoms with E-state index in [4.69, 9.17) is 16.2 Å². The molecule has 1 unspecified atom stereocenters. The van der Waals surface area contributed by atoms with Crippen molar-refractivity contribution in [1.29, 1.82) is 0 Å². The lowest BCUT2D eigenvalue weighted by atomic mass is 10.1. The Bertz CT molecular complexity index is 327. The van der Waals surface area contributed by atoms with E-state index in [0.29, 0.717) is 12.4 Å². The van der Waals surface area contributed by atoms with Gasteiger partial charge in [0, 0.05) is 5.56 Å². The Kier molecular flexibility index (Phi) is 1.44. The number of rotatable bonds is 0. The zero-order valence-corrected chi connectivity index (χ0v) is 6.38. The van der Waals surface area contributed by atoms with Crippen molar-refractivity contribution in [3.63, 3.8) is 0 Å². The van der Waals surface area contributed by atoms with Crippen molar-refractivity contribution in [3.05, 3.63) is 23.5 Å². The number of hydrogen-bond acceptors (Lipinski definition) is 3. The highest BCUT2D eigenvalue weighted by Gasteiger charge is 2.24. The van der Waals surface area contributed by atoms with Crippen LogP contribution >= 0.6 is 0 Å². The molecular weight excluding hydrogens is 159 g/mol. The van der Waals surface area contributed by atoms with Crippen LogP contribution in [0.4, 0.5) is 10.1 Å². The molecule has 64 valence electrons. The Hall–Kier alpha value is -1.29. The summed E-state index contributed by atoms with van der Waals surface area (Å²) in [6, 6.07) is 2.74. The molecule has 0 saturated carbocycles. The molecule has 1 aromatic rings. The van der Waals surface area contributed by atoms with Crippen molar-refractivity contribution in [3.8, 4) is 5.75 Å². The molecule has 0 amide bonds. The van der Waals surface area contributed by atoms with Gasteiger partial charge in [0.2, 0.25) is 0 Å². The minimum Gasteiger partial charge on any atom is -0.489 e. The minimum absolute atomic E-state index is 0.0560. The molecule has 2 rings (SSSR count). The number of hydrogen-bond donors (Lipinski definition) is 2. The standard InChI is InChI=1S/C8H9FN2O/c9-5-2-1-4-6(10)3-12-8(4)7(5)11/h1-2,6H,3,10-11H2. The maximum atomic E-state index is 12.9. The summed E-state index contributed by atoms with van der Waals surface area (Å²) in [6.07, 6.45) is 0. The zero-order chi connectivity index (χ0) is 8.72. The molecule has 0 bridgehead atoms. The summed E-state index contributed by atoms with van der Waals surface area (Å²) >= 11 is 0. The Morgan fingerprint density at radius 2 is 2.25 bits per heavy atom. The van der Waals surface area contributed by atoms with Crippen molar-refractivity contribution in [2.45, 2.75) is 6.04 Å². The average Bonchev–Trinajstić information content (AvgIpc) is 2.41. The highest BCUT2D eigenvalue weighted by molar-refractivity contribution is 5.60. The van der Waals surface area contributed by atoms with Crippen LogP contribution in [-0.4, -0.2) is 6.61 Å². The number of nitrogens with two attached hydrogens (primary N) is 2. The molecule has 12 heavy (non-hydrogen) atoms. The van der Waals surface area contributed by atoms with Gasteiger partial charge in [0.05, 0.1) is 6.04 Å². The molecule has 0 aromatic heterocycles. The van der Waals surface area contributed by atoms with E-state index in [2.05, 4.69) is 0 Å². The van der Waals surface area contributed by atoms with Crippen LogP contribution in [0.3, 0.4) is 0 Å². The summed E-state index contributed by atoms with van der Waals surface area (Å²) in [4.78, 5) is 0. The van der Waals surface area contributed by atoms with Gasteiger partial charge in [0.25, 0.3) is 0 Å². The summed E-state index contributed by atoms with van der Waals surface area (Å²) in [5.41, 5.74) is 11.9. The van der Waals surface area contributed by atoms with Crippen molar-refractivity contribution in [2.24, 2.45) is 5.73 Å². The zero-order valence-electron chi connectivity index (χ0n) is 6.38. The van der Waals surface area contributed by atoms with E-state index in [1.54, 1.807) is 6.07 Å². The molecule has 0 spiro atoms. The maximum Gasteiger partial charge on any atom is 0.150 e. The lowest BCUT2D eigenvalue weighted by Crippen LogP contribution is -2.10. The van der Waals surface area contributed by atoms with Gasteiger partial charge in [0.1, 0.15) is 23.9 Å². The van der Waals surface area contributed by atoms with Gasteiger partial charge in [0.15, 0.2) is 0 Å². The molecule has 1 aromatic carbocycles. The lowest BCUT2D eigenvalue weighted by molar-refractivity contribution is 0.333. The van der Waals surface area contributed by atoms with Crippen LogP contribution in [0.15, 0.2) is 12.1 Å². The number of nitrogen functional groups attached to an aromatic ring is 1. The van der Waals surface area contributed by atoms with Crippen LogP contribution in [0.25, 0.3) is 0 Å². The maximum absolute atomic E-state index is 12.9. The van der Waals surface area contributed by atoms with Crippen molar-refractivity contribution < 1.29 is 9.13 Å². The van der Waals surface area contributed by atoms with Gasteiger partial charge in [-0.1, -0.05) is 6.07 Å². The fraction of sp³-hybridized carbons (Fsp3) is 0.250. The van der Waals surface area contributed by atoms with E-state index in [9.17, 15) is 4.39 Å². The van der Waals surface area contributed by atoms with E-state index in [1.807, 2.05) is 0 Å². The lowest BCUT2D eigenvalue weighted by Gasteiger charge is -2.03. The topological polar surface area (TPSA) is 61.3 Å². The molecule has 0 saturated heterocycles. The van der Waals surface area contributed by atoms with Gasteiger partial charge in [-0.05, 0) is 6.07 Å². The Morgan fingerprint density at radius 3 is 3.00 bits per heavy atom.